The third kappa shape index (κ3) is 4.68. The molecular weight excluding hydrogens is 280 g/mol. The molecule has 4 atom stereocenters. The summed E-state index contributed by atoms with van der Waals surface area (Å²) in [5.74, 6) is -1.67. The van der Waals surface area contributed by atoms with E-state index in [0.717, 1.165) is 0 Å². The number of carbonyl (C=O) groups excluding carboxylic acids is 3. The van der Waals surface area contributed by atoms with Crippen LogP contribution in [0.1, 0.15) is 20.8 Å². The number of rotatable bonds is 4. The first kappa shape index (κ1) is 15.7. The van der Waals surface area contributed by atoms with E-state index in [2.05, 4.69) is 0 Å². The number of halogens is 1. The molecule has 19 heavy (non-hydrogen) atoms. The first-order valence-corrected chi connectivity index (χ1v) is 6.02. The van der Waals surface area contributed by atoms with Gasteiger partial charge in [0.25, 0.3) is 0 Å². The van der Waals surface area contributed by atoms with Crippen LogP contribution in [0.3, 0.4) is 0 Å². The Labute approximate surface area is 115 Å². The van der Waals surface area contributed by atoms with Gasteiger partial charge < -0.3 is 18.9 Å². The van der Waals surface area contributed by atoms with E-state index in [1.54, 1.807) is 0 Å². The Bertz CT molecular complexity index is 370. The second kappa shape index (κ2) is 6.72. The quantitative estimate of drug-likeness (QED) is 0.420. The molecule has 1 rings (SSSR count). The Morgan fingerprint density at radius 2 is 1.53 bits per heavy atom. The van der Waals surface area contributed by atoms with E-state index in [0.29, 0.717) is 0 Å². The lowest BCUT2D eigenvalue weighted by atomic mass is 10.1. The van der Waals surface area contributed by atoms with Gasteiger partial charge in [-0.2, -0.15) is 0 Å². The van der Waals surface area contributed by atoms with Crippen molar-refractivity contribution in [2.75, 3.05) is 6.61 Å². The minimum absolute atomic E-state index is 0.145. The number of carbonyl (C=O) groups is 3. The molecule has 0 radical (unpaired) electrons. The molecule has 0 bridgehead atoms. The van der Waals surface area contributed by atoms with Gasteiger partial charge in [0.15, 0.2) is 17.8 Å². The molecule has 1 heterocycles. The fourth-order valence-corrected chi connectivity index (χ4v) is 1.99. The molecule has 0 N–H and O–H groups in total. The van der Waals surface area contributed by atoms with Crippen molar-refractivity contribution in [1.82, 2.24) is 0 Å². The minimum Gasteiger partial charge on any atom is -0.463 e. The van der Waals surface area contributed by atoms with Crippen molar-refractivity contribution in [3.05, 3.63) is 0 Å². The van der Waals surface area contributed by atoms with Crippen LogP contribution >= 0.6 is 11.6 Å². The van der Waals surface area contributed by atoms with E-state index < -0.39 is 41.8 Å². The number of alkyl halides is 1. The fraction of sp³-hybridized carbons (Fsp3) is 0.727. The summed E-state index contributed by atoms with van der Waals surface area (Å²) in [5.41, 5.74) is -0.978. The van der Waals surface area contributed by atoms with E-state index in [9.17, 15) is 14.4 Å². The average molecular weight is 295 g/mol. The summed E-state index contributed by atoms with van der Waals surface area (Å²) < 4.78 is 20.0. The molecule has 0 aromatic carbocycles. The number of ether oxygens (including phenoxy) is 4. The molecule has 1 saturated heterocycles. The summed E-state index contributed by atoms with van der Waals surface area (Å²) in [7, 11) is 0. The van der Waals surface area contributed by atoms with Crippen LogP contribution in [0.5, 0.6) is 0 Å². The summed E-state index contributed by atoms with van der Waals surface area (Å²) in [5, 5.41) is 0. The first-order valence-electron chi connectivity index (χ1n) is 5.58. The molecule has 7 nitrogen and oxygen atoms in total. The second-order valence-electron chi connectivity index (χ2n) is 3.98. The van der Waals surface area contributed by atoms with Crippen molar-refractivity contribution in [3.8, 4) is 0 Å². The molecule has 108 valence electrons. The van der Waals surface area contributed by atoms with Crippen LogP contribution in [0, 0.1) is 0 Å². The highest BCUT2D eigenvalue weighted by atomic mass is 35.5. The summed E-state index contributed by atoms with van der Waals surface area (Å²) in [6.07, 6.45) is -2.63. The monoisotopic (exact) mass is 294 g/mol. The summed E-state index contributed by atoms with van der Waals surface area (Å²) in [6.45, 7) is 3.49. The average Bonchev–Trinajstić information content (AvgIpc) is 2.53. The van der Waals surface area contributed by atoms with Crippen molar-refractivity contribution < 1.29 is 33.3 Å². The molecule has 0 aromatic rings. The van der Waals surface area contributed by atoms with Gasteiger partial charge in [-0.05, 0) is 0 Å². The van der Waals surface area contributed by atoms with Gasteiger partial charge in [0, 0.05) is 20.8 Å². The predicted octanol–water partition coefficient (Wildman–Crippen LogP) is 0.377. The lowest BCUT2D eigenvalue weighted by Gasteiger charge is -2.22. The summed E-state index contributed by atoms with van der Waals surface area (Å²) >= 11 is 5.88. The van der Waals surface area contributed by atoms with Gasteiger partial charge in [-0.1, -0.05) is 11.6 Å². The van der Waals surface area contributed by atoms with E-state index in [-0.39, 0.29) is 6.61 Å². The highest BCUT2D eigenvalue weighted by Gasteiger charge is 2.48. The first-order chi connectivity index (χ1) is 8.81. The SMILES string of the molecule is CC(=O)OCC1OC(Cl)C(OC(C)=O)C1OC(C)=O. The van der Waals surface area contributed by atoms with Crippen LogP contribution in [-0.4, -0.2) is 48.4 Å². The van der Waals surface area contributed by atoms with E-state index in [1.165, 1.54) is 20.8 Å². The van der Waals surface area contributed by atoms with Gasteiger partial charge in [0.2, 0.25) is 0 Å². The van der Waals surface area contributed by atoms with Crippen LogP contribution in [-0.2, 0) is 33.3 Å². The van der Waals surface area contributed by atoms with Crippen molar-refractivity contribution in [3.63, 3.8) is 0 Å². The van der Waals surface area contributed by atoms with Crippen molar-refractivity contribution in [2.45, 2.75) is 44.6 Å². The lowest BCUT2D eigenvalue weighted by Crippen LogP contribution is -2.40. The Morgan fingerprint density at radius 1 is 1.00 bits per heavy atom. The minimum atomic E-state index is -0.978. The van der Waals surface area contributed by atoms with Gasteiger partial charge in [0.1, 0.15) is 12.7 Å². The standard InChI is InChI=1S/C11H15ClO7/c1-5(13)16-4-8-9(17-6(2)14)10(11(12)19-8)18-7(3)15/h8-11H,4H2,1-3H3. The molecule has 4 unspecified atom stereocenters. The highest BCUT2D eigenvalue weighted by Crippen LogP contribution is 2.29. The van der Waals surface area contributed by atoms with E-state index in [4.69, 9.17) is 30.5 Å². The highest BCUT2D eigenvalue weighted by molar-refractivity contribution is 6.20. The topological polar surface area (TPSA) is 88.1 Å². The van der Waals surface area contributed by atoms with Gasteiger partial charge >= 0.3 is 17.9 Å². The molecule has 1 aliphatic rings. The van der Waals surface area contributed by atoms with E-state index >= 15 is 0 Å². The molecule has 1 fully saturated rings. The van der Waals surface area contributed by atoms with Crippen LogP contribution in [0.2, 0.25) is 0 Å². The maximum absolute atomic E-state index is 11.1. The van der Waals surface area contributed by atoms with Gasteiger partial charge in [-0.15, -0.1) is 0 Å². The fourth-order valence-electron chi connectivity index (χ4n) is 1.66. The molecule has 0 spiro atoms. The summed E-state index contributed by atoms with van der Waals surface area (Å²) in [6, 6.07) is 0. The molecule has 1 aliphatic heterocycles. The predicted molar refractivity (Wildman–Crippen MR) is 62.3 cm³/mol. The second-order valence-corrected chi connectivity index (χ2v) is 4.41. The summed E-state index contributed by atoms with van der Waals surface area (Å²) in [4.78, 5) is 32.8. The normalized spacial score (nSPS) is 29.7. The van der Waals surface area contributed by atoms with Crippen LogP contribution in [0.15, 0.2) is 0 Å². The van der Waals surface area contributed by atoms with Crippen molar-refractivity contribution in [1.29, 1.82) is 0 Å². The number of hydrogen-bond acceptors (Lipinski definition) is 7. The maximum Gasteiger partial charge on any atom is 0.303 e. The zero-order valence-corrected chi connectivity index (χ0v) is 11.5. The third-order valence-corrected chi connectivity index (χ3v) is 2.66. The maximum atomic E-state index is 11.1. The third-order valence-electron chi connectivity index (χ3n) is 2.31. The zero-order valence-electron chi connectivity index (χ0n) is 10.8. The molecular formula is C11H15ClO7. The molecule has 8 heteroatoms. The van der Waals surface area contributed by atoms with Gasteiger partial charge in [0.05, 0.1) is 0 Å². The largest absolute Gasteiger partial charge is 0.463 e. The lowest BCUT2D eigenvalue weighted by molar-refractivity contribution is -0.165. The molecule has 0 saturated carbocycles. The van der Waals surface area contributed by atoms with Gasteiger partial charge in [-0.3, -0.25) is 14.4 Å². The Hall–Kier alpha value is -1.34. The van der Waals surface area contributed by atoms with Crippen molar-refractivity contribution in [2.24, 2.45) is 0 Å². The number of hydrogen-bond donors (Lipinski definition) is 0. The molecule has 0 amide bonds. The Balaban J connectivity index is 2.76. The smallest absolute Gasteiger partial charge is 0.303 e. The van der Waals surface area contributed by atoms with Crippen LogP contribution in [0.25, 0.3) is 0 Å². The van der Waals surface area contributed by atoms with Gasteiger partial charge in [-0.25, -0.2) is 0 Å². The van der Waals surface area contributed by atoms with Crippen LogP contribution < -0.4 is 0 Å². The zero-order chi connectivity index (χ0) is 14.6. The molecule has 0 aliphatic carbocycles. The number of esters is 3. The van der Waals surface area contributed by atoms with E-state index in [1.807, 2.05) is 0 Å². The van der Waals surface area contributed by atoms with Crippen LogP contribution in [0.4, 0.5) is 0 Å². The Kier molecular flexibility index (Phi) is 5.56. The Morgan fingerprint density at radius 3 is 2.00 bits per heavy atom. The van der Waals surface area contributed by atoms with Crippen molar-refractivity contribution >= 4 is 29.5 Å². The molecule has 0 aromatic heterocycles.